The second-order valence-corrected chi connectivity index (χ2v) is 6.22. The number of H-pyrrole nitrogens is 1. The van der Waals surface area contributed by atoms with Crippen molar-refractivity contribution >= 4 is 45.9 Å². The zero-order valence-electron chi connectivity index (χ0n) is 13.1. The van der Waals surface area contributed by atoms with Crippen molar-refractivity contribution < 1.29 is 0 Å². The Labute approximate surface area is 153 Å². The van der Waals surface area contributed by atoms with Gasteiger partial charge in [-0.15, -0.1) is 0 Å². The van der Waals surface area contributed by atoms with Crippen LogP contribution >= 0.6 is 23.2 Å². The van der Waals surface area contributed by atoms with Crippen LogP contribution in [0.2, 0.25) is 10.0 Å². The predicted octanol–water partition coefficient (Wildman–Crippen LogP) is 4.77. The number of nitrogens with one attached hydrogen (secondary N) is 2. The van der Waals surface area contributed by atoms with E-state index in [1.54, 1.807) is 24.4 Å². The number of aromatic nitrogens is 5. The predicted molar refractivity (Wildman–Crippen MR) is 99.4 cm³/mol. The highest BCUT2D eigenvalue weighted by molar-refractivity contribution is 6.39. The molecule has 4 aromatic rings. The largest absolute Gasteiger partial charge is 0.335 e. The molecule has 0 unspecified atom stereocenters. The Morgan fingerprint density at radius 2 is 1.84 bits per heavy atom. The van der Waals surface area contributed by atoms with E-state index in [4.69, 9.17) is 23.2 Å². The zero-order valence-corrected chi connectivity index (χ0v) is 14.6. The van der Waals surface area contributed by atoms with Crippen LogP contribution in [-0.4, -0.2) is 24.9 Å². The quantitative estimate of drug-likeness (QED) is 0.542. The Balaban J connectivity index is 1.82. The first-order chi connectivity index (χ1) is 12.1. The van der Waals surface area contributed by atoms with E-state index < -0.39 is 0 Å². The molecule has 3 aromatic heterocycles. The number of aryl methyl sites for hydroxylation is 1. The van der Waals surface area contributed by atoms with Crippen LogP contribution in [0.1, 0.15) is 5.69 Å². The van der Waals surface area contributed by atoms with Gasteiger partial charge in [0, 0.05) is 18.0 Å². The van der Waals surface area contributed by atoms with Gasteiger partial charge in [-0.3, -0.25) is 0 Å². The Morgan fingerprint density at radius 3 is 2.60 bits per heavy atom. The second-order valence-electron chi connectivity index (χ2n) is 5.41. The summed E-state index contributed by atoms with van der Waals surface area (Å²) in [7, 11) is 0. The number of benzene rings is 1. The van der Waals surface area contributed by atoms with Gasteiger partial charge in [0.15, 0.2) is 5.82 Å². The molecule has 0 fully saturated rings. The van der Waals surface area contributed by atoms with Gasteiger partial charge in [-0.05, 0) is 25.1 Å². The zero-order chi connectivity index (χ0) is 17.4. The second kappa shape index (κ2) is 6.31. The molecule has 124 valence electrons. The van der Waals surface area contributed by atoms with Gasteiger partial charge in [-0.1, -0.05) is 29.3 Å². The van der Waals surface area contributed by atoms with E-state index >= 15 is 0 Å². The van der Waals surface area contributed by atoms with Crippen molar-refractivity contribution in [1.29, 1.82) is 0 Å². The van der Waals surface area contributed by atoms with Crippen molar-refractivity contribution in [1.82, 2.24) is 24.9 Å². The summed E-state index contributed by atoms with van der Waals surface area (Å²) in [5.41, 5.74) is 3.00. The Bertz CT molecular complexity index is 1060. The van der Waals surface area contributed by atoms with Crippen molar-refractivity contribution in [2.45, 2.75) is 6.92 Å². The minimum Gasteiger partial charge on any atom is -0.335 e. The van der Waals surface area contributed by atoms with Gasteiger partial charge < -0.3 is 10.3 Å². The average Bonchev–Trinajstić information content (AvgIpc) is 2.99. The third-order valence-electron chi connectivity index (χ3n) is 3.65. The van der Waals surface area contributed by atoms with Crippen LogP contribution < -0.4 is 5.32 Å². The molecule has 0 aliphatic rings. The minimum absolute atomic E-state index is 0.528. The molecule has 0 saturated carbocycles. The summed E-state index contributed by atoms with van der Waals surface area (Å²) in [4.78, 5) is 20.5. The number of aromatic amines is 1. The van der Waals surface area contributed by atoms with Gasteiger partial charge in [0.05, 0.1) is 21.1 Å². The third-order valence-corrected chi connectivity index (χ3v) is 4.28. The smallest absolute Gasteiger partial charge is 0.157 e. The molecule has 3 heterocycles. The summed E-state index contributed by atoms with van der Waals surface area (Å²) in [5.74, 6) is 1.84. The fourth-order valence-corrected chi connectivity index (χ4v) is 3.09. The van der Waals surface area contributed by atoms with Crippen LogP contribution in [0.3, 0.4) is 0 Å². The van der Waals surface area contributed by atoms with Gasteiger partial charge in [-0.25, -0.2) is 19.9 Å². The van der Waals surface area contributed by atoms with Crippen LogP contribution in [0, 0.1) is 6.92 Å². The fourth-order valence-electron chi connectivity index (χ4n) is 2.52. The molecule has 6 nitrogen and oxygen atoms in total. The fraction of sp³-hybridized carbons (Fsp3) is 0.0588. The lowest BCUT2D eigenvalue weighted by Gasteiger charge is -2.05. The minimum atomic E-state index is 0.528. The highest BCUT2D eigenvalue weighted by atomic mass is 35.5. The van der Waals surface area contributed by atoms with E-state index in [9.17, 15) is 0 Å². The maximum atomic E-state index is 6.29. The van der Waals surface area contributed by atoms with Crippen molar-refractivity contribution in [3.8, 4) is 11.4 Å². The monoisotopic (exact) mass is 370 g/mol. The number of hydrogen-bond donors (Lipinski definition) is 2. The maximum absolute atomic E-state index is 6.29. The van der Waals surface area contributed by atoms with E-state index in [2.05, 4.69) is 30.2 Å². The van der Waals surface area contributed by atoms with E-state index in [-0.39, 0.29) is 0 Å². The van der Waals surface area contributed by atoms with Gasteiger partial charge in [-0.2, -0.15) is 0 Å². The number of nitrogens with zero attached hydrogens (tertiary/aromatic N) is 4. The van der Waals surface area contributed by atoms with Crippen molar-refractivity contribution in [3.63, 3.8) is 0 Å². The van der Waals surface area contributed by atoms with Gasteiger partial charge in [0.2, 0.25) is 0 Å². The highest BCUT2D eigenvalue weighted by Crippen LogP contribution is 2.34. The van der Waals surface area contributed by atoms with Crippen LogP contribution in [0.15, 0.2) is 42.9 Å². The standard InChI is InChI=1S/C17H12Cl2N6/c1-9-7-13(22-8-21-9)24-17-15-12(5-6-20-17)23-16(25-15)14-10(18)3-2-4-11(14)19/h2-8H,1H3,(H,23,25)(H,20,21,22,24). The number of halogens is 2. The molecule has 0 saturated heterocycles. The number of fused-ring (bicyclic) bond motifs is 1. The van der Waals surface area contributed by atoms with E-state index in [0.717, 1.165) is 16.7 Å². The van der Waals surface area contributed by atoms with Crippen LogP contribution in [-0.2, 0) is 0 Å². The average molecular weight is 371 g/mol. The summed E-state index contributed by atoms with van der Waals surface area (Å²) < 4.78 is 0. The molecule has 0 atom stereocenters. The molecule has 0 spiro atoms. The molecule has 4 rings (SSSR count). The maximum Gasteiger partial charge on any atom is 0.157 e. The first-order valence-electron chi connectivity index (χ1n) is 7.46. The number of imidazole rings is 1. The lowest BCUT2D eigenvalue weighted by Crippen LogP contribution is -1.98. The van der Waals surface area contributed by atoms with Crippen molar-refractivity contribution in [2.75, 3.05) is 5.32 Å². The van der Waals surface area contributed by atoms with Gasteiger partial charge in [0.1, 0.15) is 23.5 Å². The van der Waals surface area contributed by atoms with Gasteiger partial charge >= 0.3 is 0 Å². The number of pyridine rings is 1. The SMILES string of the molecule is Cc1cc(Nc2nccc3nc(-c4c(Cl)cccc4Cl)[nH]c23)ncn1. The molecule has 2 N–H and O–H groups in total. The third kappa shape index (κ3) is 3.01. The number of anilines is 2. The summed E-state index contributed by atoms with van der Waals surface area (Å²) in [6.45, 7) is 1.90. The first kappa shape index (κ1) is 15.8. The molecule has 25 heavy (non-hydrogen) atoms. The Morgan fingerprint density at radius 1 is 1.04 bits per heavy atom. The van der Waals surface area contributed by atoms with E-state index in [0.29, 0.717) is 33.1 Å². The van der Waals surface area contributed by atoms with Gasteiger partial charge in [0.25, 0.3) is 0 Å². The van der Waals surface area contributed by atoms with Crippen LogP contribution in [0.5, 0.6) is 0 Å². The molecular weight excluding hydrogens is 359 g/mol. The summed E-state index contributed by atoms with van der Waals surface area (Å²) in [6, 6.07) is 9.00. The highest BCUT2D eigenvalue weighted by Gasteiger charge is 2.15. The molecule has 0 bridgehead atoms. The molecule has 1 aromatic carbocycles. The molecular formula is C17H12Cl2N6. The summed E-state index contributed by atoms with van der Waals surface area (Å²) >= 11 is 12.6. The molecule has 8 heteroatoms. The van der Waals surface area contributed by atoms with E-state index in [1.807, 2.05) is 19.1 Å². The van der Waals surface area contributed by atoms with Crippen molar-refractivity contribution in [2.24, 2.45) is 0 Å². The Hall–Kier alpha value is -2.70. The van der Waals surface area contributed by atoms with Crippen LogP contribution in [0.25, 0.3) is 22.4 Å². The van der Waals surface area contributed by atoms with Crippen molar-refractivity contribution in [3.05, 3.63) is 58.6 Å². The Kier molecular flexibility index (Phi) is 3.99. The molecule has 0 aliphatic heterocycles. The topological polar surface area (TPSA) is 79.4 Å². The first-order valence-corrected chi connectivity index (χ1v) is 8.22. The summed E-state index contributed by atoms with van der Waals surface area (Å²) in [5, 5.41) is 4.24. The number of hydrogen-bond acceptors (Lipinski definition) is 5. The normalized spacial score (nSPS) is 11.0. The molecule has 0 aliphatic carbocycles. The summed E-state index contributed by atoms with van der Waals surface area (Å²) in [6.07, 6.45) is 3.18. The van der Waals surface area contributed by atoms with E-state index in [1.165, 1.54) is 6.33 Å². The number of rotatable bonds is 3. The molecule has 0 amide bonds. The molecule has 0 radical (unpaired) electrons. The van der Waals surface area contributed by atoms with Crippen LogP contribution in [0.4, 0.5) is 11.6 Å². The lowest BCUT2D eigenvalue weighted by atomic mass is 10.2. The lowest BCUT2D eigenvalue weighted by molar-refractivity contribution is 1.10.